The molecular formula is C34H49N5O6. The Morgan fingerprint density at radius 3 is 1.93 bits per heavy atom. The van der Waals surface area contributed by atoms with Crippen LogP contribution in [0.2, 0.25) is 0 Å². The third-order valence-corrected chi connectivity index (χ3v) is 7.25. The van der Waals surface area contributed by atoms with Crippen LogP contribution in [0.4, 0.5) is 0 Å². The summed E-state index contributed by atoms with van der Waals surface area (Å²) in [5, 5.41) is 12.5. The third kappa shape index (κ3) is 11.0. The molecule has 0 bridgehead atoms. The maximum absolute atomic E-state index is 13.5. The molecule has 246 valence electrons. The van der Waals surface area contributed by atoms with Crippen molar-refractivity contribution in [3.63, 3.8) is 0 Å². The molecule has 45 heavy (non-hydrogen) atoms. The molecule has 11 heteroatoms. The summed E-state index contributed by atoms with van der Waals surface area (Å²) in [6, 6.07) is 9.25. The van der Waals surface area contributed by atoms with Gasteiger partial charge in [0.1, 0.15) is 12.1 Å². The number of rotatable bonds is 12. The molecule has 0 saturated heterocycles. The molecule has 0 aliphatic rings. The fraction of sp³-hybridized carbons (Fsp3) is 0.529. The zero-order valence-electron chi connectivity index (χ0n) is 28.2. The minimum absolute atomic E-state index is 0.177. The van der Waals surface area contributed by atoms with Gasteiger partial charge in [-0.15, -0.1) is 0 Å². The van der Waals surface area contributed by atoms with Crippen molar-refractivity contribution in [1.29, 1.82) is 0 Å². The lowest BCUT2D eigenvalue weighted by Crippen LogP contribution is -2.59. The molecule has 5 amide bonds. The second-order valence-corrected chi connectivity index (χ2v) is 14.0. The van der Waals surface area contributed by atoms with Crippen molar-refractivity contribution in [2.45, 2.75) is 92.4 Å². The lowest BCUT2D eigenvalue weighted by Gasteiger charge is -2.33. The van der Waals surface area contributed by atoms with E-state index in [1.54, 1.807) is 27.7 Å². The average Bonchev–Trinajstić information content (AvgIpc) is 2.92. The molecule has 0 fully saturated rings. The number of ketones is 1. The fourth-order valence-corrected chi connectivity index (χ4v) is 4.74. The highest BCUT2D eigenvalue weighted by molar-refractivity contribution is 6.38. The number of hydrogen-bond acceptors (Lipinski definition) is 6. The number of Topliss-reactive ketones (excluding diaryl/α,β-unsaturated/α-hetero) is 1. The standard InChI is InChI=1S/C34H49N5O6/c1-20(23-17-13-15-22-14-11-12-16-24(22)23)35-31(44)28(42)21(2)36-30(43)25(18-27(41)39(9)10)37-32(45)29(34(6,7)8)38-26(40)19-33(3,4)5/h11-17,20-21,25,29H,18-19H2,1-10H3,(H,35,44)(H,36,43)(H,37,45)(H,38,40). The molecule has 2 aromatic rings. The number of nitrogens with one attached hydrogen (secondary N) is 4. The average molecular weight is 624 g/mol. The zero-order chi connectivity index (χ0) is 34.3. The second-order valence-electron chi connectivity index (χ2n) is 14.0. The van der Waals surface area contributed by atoms with E-state index in [0.29, 0.717) is 0 Å². The molecule has 4 N–H and O–H groups in total. The summed E-state index contributed by atoms with van der Waals surface area (Å²) in [7, 11) is 3.02. The van der Waals surface area contributed by atoms with Gasteiger partial charge in [0.05, 0.1) is 18.5 Å². The summed E-state index contributed by atoms with van der Waals surface area (Å²) in [6.45, 7) is 14.1. The Morgan fingerprint density at radius 2 is 1.36 bits per heavy atom. The van der Waals surface area contributed by atoms with Crippen LogP contribution >= 0.6 is 0 Å². The van der Waals surface area contributed by atoms with Gasteiger partial charge in [0.2, 0.25) is 29.4 Å². The SMILES string of the molecule is CC(NC(=O)C(CC(=O)N(C)C)NC(=O)C(NC(=O)CC(C)(C)C)C(C)(C)C)C(=O)C(=O)NC(C)c1cccc2ccccc12. The molecule has 0 aliphatic carbocycles. The summed E-state index contributed by atoms with van der Waals surface area (Å²) >= 11 is 0. The van der Waals surface area contributed by atoms with E-state index in [2.05, 4.69) is 21.3 Å². The quantitative estimate of drug-likeness (QED) is 0.267. The highest BCUT2D eigenvalue weighted by Gasteiger charge is 2.37. The Hall–Kier alpha value is -4.28. The van der Waals surface area contributed by atoms with E-state index in [-0.39, 0.29) is 17.7 Å². The van der Waals surface area contributed by atoms with Crippen molar-refractivity contribution in [3.05, 3.63) is 48.0 Å². The number of fused-ring (bicyclic) bond motifs is 1. The van der Waals surface area contributed by atoms with Crippen molar-refractivity contribution in [2.75, 3.05) is 14.1 Å². The largest absolute Gasteiger partial charge is 0.349 e. The maximum Gasteiger partial charge on any atom is 0.290 e. The Kier molecular flexibility index (Phi) is 12.4. The van der Waals surface area contributed by atoms with E-state index < -0.39 is 65.4 Å². The van der Waals surface area contributed by atoms with Crippen LogP contribution in [-0.4, -0.2) is 72.4 Å². The molecular weight excluding hydrogens is 574 g/mol. The predicted molar refractivity (Wildman–Crippen MR) is 174 cm³/mol. The summed E-state index contributed by atoms with van der Waals surface area (Å²) in [5.74, 6) is -4.02. The van der Waals surface area contributed by atoms with Gasteiger partial charge in [-0.05, 0) is 41.0 Å². The first kappa shape index (κ1) is 36.9. The second kappa shape index (κ2) is 15.1. The number of nitrogens with zero attached hydrogens (tertiary/aromatic N) is 1. The van der Waals surface area contributed by atoms with Crippen LogP contribution in [0.3, 0.4) is 0 Å². The molecule has 0 radical (unpaired) electrons. The van der Waals surface area contributed by atoms with Crippen molar-refractivity contribution in [1.82, 2.24) is 26.2 Å². The molecule has 4 atom stereocenters. The lowest BCUT2D eigenvalue weighted by molar-refractivity contribution is -0.141. The smallest absolute Gasteiger partial charge is 0.290 e. The van der Waals surface area contributed by atoms with E-state index in [4.69, 9.17) is 0 Å². The van der Waals surface area contributed by atoms with Gasteiger partial charge in [-0.2, -0.15) is 0 Å². The molecule has 0 aromatic heterocycles. The van der Waals surface area contributed by atoms with Crippen molar-refractivity contribution in [3.8, 4) is 0 Å². The highest BCUT2D eigenvalue weighted by Crippen LogP contribution is 2.25. The Labute approximate surface area is 266 Å². The van der Waals surface area contributed by atoms with Gasteiger partial charge in [0, 0.05) is 20.5 Å². The van der Waals surface area contributed by atoms with Crippen LogP contribution < -0.4 is 21.3 Å². The fourth-order valence-electron chi connectivity index (χ4n) is 4.74. The van der Waals surface area contributed by atoms with Crippen LogP contribution in [0.25, 0.3) is 10.8 Å². The van der Waals surface area contributed by atoms with Gasteiger partial charge < -0.3 is 26.2 Å². The van der Waals surface area contributed by atoms with E-state index in [1.165, 1.54) is 25.9 Å². The Bertz CT molecular complexity index is 1420. The zero-order valence-corrected chi connectivity index (χ0v) is 28.2. The first-order chi connectivity index (χ1) is 20.7. The number of benzene rings is 2. The predicted octanol–water partition coefficient (Wildman–Crippen LogP) is 3.02. The number of amides is 5. The first-order valence-electron chi connectivity index (χ1n) is 15.1. The van der Waals surface area contributed by atoms with E-state index in [9.17, 15) is 28.8 Å². The van der Waals surface area contributed by atoms with Crippen molar-refractivity contribution < 1.29 is 28.8 Å². The number of hydrogen-bond donors (Lipinski definition) is 4. The van der Waals surface area contributed by atoms with Gasteiger partial charge in [-0.25, -0.2) is 0 Å². The van der Waals surface area contributed by atoms with E-state index >= 15 is 0 Å². The first-order valence-corrected chi connectivity index (χ1v) is 15.1. The van der Waals surface area contributed by atoms with E-state index in [1.807, 2.05) is 63.2 Å². The molecule has 2 rings (SSSR count). The van der Waals surface area contributed by atoms with Gasteiger partial charge in [0.25, 0.3) is 5.91 Å². The van der Waals surface area contributed by atoms with E-state index in [0.717, 1.165) is 16.3 Å². The monoisotopic (exact) mass is 623 g/mol. The van der Waals surface area contributed by atoms with Crippen LogP contribution in [0, 0.1) is 10.8 Å². The Balaban J connectivity index is 2.18. The third-order valence-electron chi connectivity index (χ3n) is 7.25. The van der Waals surface area contributed by atoms with Gasteiger partial charge >= 0.3 is 0 Å². The van der Waals surface area contributed by atoms with Gasteiger partial charge in [-0.3, -0.25) is 28.8 Å². The molecule has 0 spiro atoms. The normalized spacial score (nSPS) is 14.4. The summed E-state index contributed by atoms with van der Waals surface area (Å²) in [5.41, 5.74) is -0.212. The summed E-state index contributed by atoms with van der Waals surface area (Å²) < 4.78 is 0. The summed E-state index contributed by atoms with van der Waals surface area (Å²) in [4.78, 5) is 79.4. The van der Waals surface area contributed by atoms with Crippen LogP contribution in [-0.2, 0) is 28.8 Å². The Morgan fingerprint density at radius 1 is 0.756 bits per heavy atom. The minimum Gasteiger partial charge on any atom is -0.349 e. The molecule has 4 unspecified atom stereocenters. The van der Waals surface area contributed by atoms with Crippen LogP contribution in [0.5, 0.6) is 0 Å². The van der Waals surface area contributed by atoms with Crippen molar-refractivity contribution in [2.24, 2.45) is 10.8 Å². The van der Waals surface area contributed by atoms with Gasteiger partial charge in [-0.1, -0.05) is 84.0 Å². The number of carbonyl (C=O) groups excluding carboxylic acids is 6. The topological polar surface area (TPSA) is 154 Å². The summed E-state index contributed by atoms with van der Waals surface area (Å²) in [6.07, 6.45) is -0.223. The highest BCUT2D eigenvalue weighted by atomic mass is 16.2. The maximum atomic E-state index is 13.5. The van der Waals surface area contributed by atoms with Crippen LogP contribution in [0.1, 0.15) is 79.8 Å². The lowest BCUT2D eigenvalue weighted by atomic mass is 9.85. The molecule has 11 nitrogen and oxygen atoms in total. The number of carbonyl (C=O) groups is 6. The molecule has 2 aromatic carbocycles. The molecule has 0 aliphatic heterocycles. The van der Waals surface area contributed by atoms with Gasteiger partial charge in [0.15, 0.2) is 0 Å². The molecule has 0 saturated carbocycles. The van der Waals surface area contributed by atoms with Crippen molar-refractivity contribution >= 4 is 46.1 Å². The molecule has 0 heterocycles. The minimum atomic E-state index is -1.37. The van der Waals surface area contributed by atoms with Crippen LogP contribution in [0.15, 0.2) is 42.5 Å².